The van der Waals surface area contributed by atoms with Crippen molar-refractivity contribution in [2.75, 3.05) is 18.4 Å². The van der Waals surface area contributed by atoms with E-state index >= 15 is 0 Å². The molecular weight excluding hydrogens is 382 g/mol. The monoisotopic (exact) mass is 407 g/mol. The van der Waals surface area contributed by atoms with Gasteiger partial charge in [-0.25, -0.2) is 4.98 Å². The Labute approximate surface area is 175 Å². The number of aromatic nitrogens is 1. The minimum absolute atomic E-state index is 0.0215. The number of likely N-dealkylation sites (tertiary alicyclic amines) is 1. The van der Waals surface area contributed by atoms with Crippen LogP contribution in [0, 0.1) is 12.8 Å². The largest absolute Gasteiger partial charge is 0.455 e. The minimum Gasteiger partial charge on any atom is -0.455 e. The van der Waals surface area contributed by atoms with Crippen LogP contribution in [0.25, 0.3) is 0 Å². The molecule has 0 unspecified atom stereocenters. The van der Waals surface area contributed by atoms with Crippen LogP contribution in [-0.2, 0) is 11.3 Å². The van der Waals surface area contributed by atoms with Crippen molar-refractivity contribution in [1.29, 1.82) is 0 Å². The van der Waals surface area contributed by atoms with Gasteiger partial charge in [-0.3, -0.25) is 9.69 Å². The molecule has 0 radical (unpaired) electrons. The Hall–Kier alpha value is -2.70. The van der Waals surface area contributed by atoms with Gasteiger partial charge in [0, 0.05) is 17.8 Å². The normalized spacial score (nSPS) is 15.2. The van der Waals surface area contributed by atoms with Crippen LogP contribution < -0.4 is 10.1 Å². The summed E-state index contributed by atoms with van der Waals surface area (Å²) in [7, 11) is 0. The molecule has 2 heterocycles. The lowest BCUT2D eigenvalue weighted by Gasteiger charge is -2.30. The van der Waals surface area contributed by atoms with Crippen molar-refractivity contribution in [2.45, 2.75) is 26.3 Å². The van der Waals surface area contributed by atoms with Crippen molar-refractivity contribution < 1.29 is 9.53 Å². The number of benzene rings is 2. The van der Waals surface area contributed by atoms with Gasteiger partial charge in [-0.2, -0.15) is 0 Å². The maximum Gasteiger partial charge on any atom is 0.227 e. The molecular formula is C23H25N3O2S. The number of hydrogen-bond acceptors (Lipinski definition) is 5. The molecule has 150 valence electrons. The lowest BCUT2D eigenvalue weighted by Crippen LogP contribution is -2.37. The fourth-order valence-corrected chi connectivity index (χ4v) is 4.18. The van der Waals surface area contributed by atoms with Gasteiger partial charge in [-0.05, 0) is 57.1 Å². The predicted molar refractivity (Wildman–Crippen MR) is 116 cm³/mol. The average molecular weight is 408 g/mol. The quantitative estimate of drug-likeness (QED) is 0.618. The second-order valence-electron chi connectivity index (χ2n) is 7.31. The Morgan fingerprint density at radius 2 is 1.86 bits per heavy atom. The van der Waals surface area contributed by atoms with Crippen molar-refractivity contribution in [3.63, 3.8) is 0 Å². The third-order valence-electron chi connectivity index (χ3n) is 5.13. The fourth-order valence-electron chi connectivity index (χ4n) is 3.57. The number of ether oxygens (including phenoxy) is 1. The zero-order chi connectivity index (χ0) is 20.1. The third kappa shape index (κ3) is 5.22. The lowest BCUT2D eigenvalue weighted by atomic mass is 9.95. The molecule has 3 aromatic rings. The average Bonchev–Trinajstić information content (AvgIpc) is 3.15. The van der Waals surface area contributed by atoms with Gasteiger partial charge in [0.15, 0.2) is 5.75 Å². The summed E-state index contributed by atoms with van der Waals surface area (Å²) in [5.74, 6) is 1.50. The highest BCUT2D eigenvalue weighted by Crippen LogP contribution is 2.30. The SMILES string of the molecule is Cc1nc(CN2CCC(C(=O)Nc3ccccc3Oc3ccccc3)CC2)cs1. The van der Waals surface area contributed by atoms with Gasteiger partial charge >= 0.3 is 0 Å². The zero-order valence-electron chi connectivity index (χ0n) is 16.5. The first-order valence-electron chi connectivity index (χ1n) is 9.93. The van der Waals surface area contributed by atoms with E-state index in [1.54, 1.807) is 11.3 Å². The number of hydrogen-bond donors (Lipinski definition) is 1. The van der Waals surface area contributed by atoms with E-state index in [1.807, 2.05) is 61.5 Å². The fraction of sp³-hybridized carbons (Fsp3) is 0.304. The highest BCUT2D eigenvalue weighted by Gasteiger charge is 2.26. The van der Waals surface area contributed by atoms with E-state index in [-0.39, 0.29) is 11.8 Å². The summed E-state index contributed by atoms with van der Waals surface area (Å²) in [6.07, 6.45) is 1.72. The van der Waals surface area contributed by atoms with E-state index in [1.165, 1.54) is 0 Å². The molecule has 2 aromatic carbocycles. The van der Waals surface area contributed by atoms with Gasteiger partial charge < -0.3 is 10.1 Å². The highest BCUT2D eigenvalue weighted by molar-refractivity contribution is 7.09. The highest BCUT2D eigenvalue weighted by atomic mass is 32.1. The summed E-state index contributed by atoms with van der Waals surface area (Å²) >= 11 is 1.69. The predicted octanol–water partition coefficient (Wildman–Crippen LogP) is 5.09. The van der Waals surface area contributed by atoms with Gasteiger partial charge in [-0.1, -0.05) is 30.3 Å². The summed E-state index contributed by atoms with van der Waals surface area (Å²) in [4.78, 5) is 19.8. The zero-order valence-corrected chi connectivity index (χ0v) is 17.3. The van der Waals surface area contributed by atoms with Gasteiger partial charge in [0.2, 0.25) is 5.91 Å². The van der Waals surface area contributed by atoms with Crippen LogP contribution in [-0.4, -0.2) is 28.9 Å². The van der Waals surface area contributed by atoms with Crippen LogP contribution >= 0.6 is 11.3 Å². The van der Waals surface area contributed by atoms with E-state index in [2.05, 4.69) is 20.6 Å². The molecule has 1 aliphatic heterocycles. The molecule has 1 aliphatic rings. The lowest BCUT2D eigenvalue weighted by molar-refractivity contribution is -0.121. The molecule has 1 fully saturated rings. The van der Waals surface area contributed by atoms with Gasteiger partial charge in [0.05, 0.1) is 16.4 Å². The van der Waals surface area contributed by atoms with Crippen molar-refractivity contribution in [1.82, 2.24) is 9.88 Å². The molecule has 1 aromatic heterocycles. The van der Waals surface area contributed by atoms with Crippen LogP contribution in [0.5, 0.6) is 11.5 Å². The van der Waals surface area contributed by atoms with Crippen LogP contribution in [0.3, 0.4) is 0 Å². The van der Waals surface area contributed by atoms with E-state index < -0.39 is 0 Å². The van der Waals surface area contributed by atoms with Crippen molar-refractivity contribution in [3.8, 4) is 11.5 Å². The topological polar surface area (TPSA) is 54.5 Å². The maximum atomic E-state index is 12.8. The number of aryl methyl sites for hydroxylation is 1. The molecule has 0 bridgehead atoms. The van der Waals surface area contributed by atoms with Gasteiger partial charge in [0.1, 0.15) is 5.75 Å². The molecule has 0 spiro atoms. The van der Waals surface area contributed by atoms with E-state index in [4.69, 9.17) is 4.74 Å². The molecule has 0 aliphatic carbocycles. The molecule has 5 nitrogen and oxygen atoms in total. The number of anilines is 1. The molecule has 4 rings (SSSR count). The molecule has 1 N–H and O–H groups in total. The minimum atomic E-state index is 0.0215. The Balaban J connectivity index is 1.33. The summed E-state index contributed by atoms with van der Waals surface area (Å²) in [5, 5.41) is 6.30. The van der Waals surface area contributed by atoms with Crippen molar-refractivity contribution in [2.24, 2.45) is 5.92 Å². The van der Waals surface area contributed by atoms with E-state index in [0.717, 1.165) is 48.9 Å². The Morgan fingerprint density at radius 1 is 1.14 bits per heavy atom. The Morgan fingerprint density at radius 3 is 2.59 bits per heavy atom. The number of carbonyl (C=O) groups excluding carboxylic acids is 1. The number of amides is 1. The molecule has 1 amide bonds. The van der Waals surface area contributed by atoms with Crippen LogP contribution in [0.2, 0.25) is 0 Å². The Bertz CT molecular complexity index is 950. The van der Waals surface area contributed by atoms with Crippen LogP contribution in [0.15, 0.2) is 60.0 Å². The van der Waals surface area contributed by atoms with Crippen molar-refractivity contribution >= 4 is 22.9 Å². The summed E-state index contributed by atoms with van der Waals surface area (Å²) < 4.78 is 5.95. The van der Waals surface area contributed by atoms with E-state index in [0.29, 0.717) is 11.4 Å². The first kappa shape index (κ1) is 19.6. The smallest absolute Gasteiger partial charge is 0.227 e. The van der Waals surface area contributed by atoms with Crippen molar-refractivity contribution in [3.05, 3.63) is 70.7 Å². The van der Waals surface area contributed by atoms with Gasteiger partial charge in [0.25, 0.3) is 0 Å². The standard InChI is InChI=1S/C23H25N3O2S/c1-17-24-19(16-29-17)15-26-13-11-18(12-14-26)23(27)25-21-9-5-6-10-22(21)28-20-7-3-2-4-8-20/h2-10,16,18H,11-15H2,1H3,(H,25,27). The number of piperidine rings is 1. The molecule has 6 heteroatoms. The molecule has 1 saturated heterocycles. The number of para-hydroxylation sites is 3. The molecule has 29 heavy (non-hydrogen) atoms. The summed E-state index contributed by atoms with van der Waals surface area (Å²) in [5.41, 5.74) is 1.84. The molecule has 0 atom stereocenters. The molecule has 0 saturated carbocycles. The number of rotatable bonds is 6. The first-order chi connectivity index (χ1) is 14.2. The van der Waals surface area contributed by atoms with Crippen LogP contribution in [0.4, 0.5) is 5.69 Å². The second kappa shape index (κ2) is 9.20. The van der Waals surface area contributed by atoms with Crippen LogP contribution in [0.1, 0.15) is 23.5 Å². The number of nitrogens with zero attached hydrogens (tertiary/aromatic N) is 2. The first-order valence-corrected chi connectivity index (χ1v) is 10.8. The Kier molecular flexibility index (Phi) is 6.22. The summed E-state index contributed by atoms with van der Waals surface area (Å²) in [6, 6.07) is 17.2. The number of nitrogens with one attached hydrogen (secondary N) is 1. The maximum absolute atomic E-state index is 12.8. The number of carbonyl (C=O) groups is 1. The third-order valence-corrected chi connectivity index (χ3v) is 5.95. The van der Waals surface area contributed by atoms with E-state index in [9.17, 15) is 4.79 Å². The second-order valence-corrected chi connectivity index (χ2v) is 8.37. The van der Waals surface area contributed by atoms with Gasteiger partial charge in [-0.15, -0.1) is 11.3 Å². The number of thiazole rings is 1. The summed E-state index contributed by atoms with van der Waals surface area (Å²) in [6.45, 7) is 4.73.